The number of nitrogens with zero attached hydrogens (tertiary/aromatic N) is 4. The molecule has 0 spiro atoms. The molecule has 112 valence electrons. The van der Waals surface area contributed by atoms with Gasteiger partial charge in [0.15, 0.2) is 0 Å². The van der Waals surface area contributed by atoms with Crippen molar-refractivity contribution in [3.63, 3.8) is 0 Å². The van der Waals surface area contributed by atoms with Crippen LogP contribution in [0.1, 0.15) is 6.92 Å². The van der Waals surface area contributed by atoms with E-state index in [1.165, 1.54) is 14.2 Å². The van der Waals surface area contributed by atoms with Crippen LogP contribution in [-0.4, -0.2) is 73.0 Å². The Morgan fingerprint density at radius 2 is 1.75 bits per heavy atom. The number of nitrogens with one attached hydrogen (secondary N) is 1. The molecule has 1 unspecified atom stereocenters. The Bertz CT molecular complexity index is 403. The average molecular weight is 283 g/mol. The molecule has 0 radical (unpaired) electrons. The van der Waals surface area contributed by atoms with Crippen molar-refractivity contribution >= 4 is 5.95 Å². The zero-order valence-electron chi connectivity index (χ0n) is 12.1. The van der Waals surface area contributed by atoms with Gasteiger partial charge in [0.05, 0.1) is 27.4 Å². The minimum atomic E-state index is 0.235. The number of ether oxygens (including phenoxy) is 3. The van der Waals surface area contributed by atoms with Gasteiger partial charge in [0.1, 0.15) is 0 Å². The van der Waals surface area contributed by atoms with Gasteiger partial charge in [0, 0.05) is 25.7 Å². The molecule has 1 aliphatic rings. The molecule has 1 atom stereocenters. The van der Waals surface area contributed by atoms with E-state index >= 15 is 0 Å². The quantitative estimate of drug-likeness (QED) is 0.782. The van der Waals surface area contributed by atoms with Crippen LogP contribution < -0.4 is 14.8 Å². The maximum absolute atomic E-state index is 5.35. The molecule has 20 heavy (non-hydrogen) atoms. The lowest BCUT2D eigenvalue weighted by Crippen LogP contribution is -2.45. The molecule has 0 aliphatic carbocycles. The fourth-order valence-corrected chi connectivity index (χ4v) is 1.99. The molecule has 2 heterocycles. The molecular weight excluding hydrogens is 262 g/mol. The molecule has 1 aromatic rings. The van der Waals surface area contributed by atoms with E-state index in [1.54, 1.807) is 0 Å². The van der Waals surface area contributed by atoms with Crippen LogP contribution in [0.25, 0.3) is 0 Å². The van der Waals surface area contributed by atoms with Crippen LogP contribution in [0.2, 0.25) is 0 Å². The third kappa shape index (κ3) is 3.91. The van der Waals surface area contributed by atoms with Gasteiger partial charge in [-0.05, 0) is 6.92 Å². The Morgan fingerprint density at radius 3 is 2.30 bits per heavy atom. The largest absolute Gasteiger partial charge is 0.467 e. The Hall–Kier alpha value is -1.67. The topological polar surface area (TPSA) is 81.6 Å². The van der Waals surface area contributed by atoms with E-state index in [9.17, 15) is 0 Å². The van der Waals surface area contributed by atoms with Gasteiger partial charge in [-0.2, -0.15) is 9.97 Å². The number of aromatic nitrogens is 3. The predicted molar refractivity (Wildman–Crippen MR) is 73.3 cm³/mol. The maximum Gasteiger partial charge on any atom is 0.324 e. The molecule has 1 N–H and O–H groups in total. The number of methoxy groups -OCH3 is 2. The lowest BCUT2D eigenvalue weighted by Gasteiger charge is -2.32. The van der Waals surface area contributed by atoms with Crippen LogP contribution in [0.15, 0.2) is 0 Å². The fraction of sp³-hybridized carbons (Fsp3) is 0.750. The second-order valence-corrected chi connectivity index (χ2v) is 4.51. The van der Waals surface area contributed by atoms with E-state index in [0.717, 1.165) is 32.8 Å². The number of morpholine rings is 1. The first kappa shape index (κ1) is 14.7. The SMILES string of the molecule is COc1nc(NCC(C)N2CCOCC2)nc(OC)n1. The maximum atomic E-state index is 5.35. The highest BCUT2D eigenvalue weighted by Gasteiger charge is 2.17. The Kier molecular flexibility index (Phi) is 5.31. The minimum Gasteiger partial charge on any atom is -0.467 e. The predicted octanol–water partition coefficient (Wildman–Crippen LogP) is 0.0214. The van der Waals surface area contributed by atoms with Crippen LogP contribution in [0.3, 0.4) is 0 Å². The Morgan fingerprint density at radius 1 is 1.15 bits per heavy atom. The van der Waals surface area contributed by atoms with Crippen LogP contribution in [0.5, 0.6) is 12.0 Å². The fourth-order valence-electron chi connectivity index (χ4n) is 1.99. The van der Waals surface area contributed by atoms with Gasteiger partial charge in [-0.25, -0.2) is 0 Å². The van der Waals surface area contributed by atoms with Crippen molar-refractivity contribution in [1.82, 2.24) is 19.9 Å². The molecule has 0 bridgehead atoms. The third-order valence-electron chi connectivity index (χ3n) is 3.18. The molecule has 8 nitrogen and oxygen atoms in total. The second-order valence-electron chi connectivity index (χ2n) is 4.51. The van der Waals surface area contributed by atoms with Gasteiger partial charge in [-0.1, -0.05) is 0 Å². The summed E-state index contributed by atoms with van der Waals surface area (Å²) < 4.78 is 15.4. The van der Waals surface area contributed by atoms with E-state index in [4.69, 9.17) is 14.2 Å². The molecule has 1 fully saturated rings. The van der Waals surface area contributed by atoms with Gasteiger partial charge in [-0.15, -0.1) is 4.98 Å². The summed E-state index contributed by atoms with van der Waals surface area (Å²) in [7, 11) is 3.02. The monoisotopic (exact) mass is 283 g/mol. The zero-order valence-corrected chi connectivity index (χ0v) is 12.1. The van der Waals surface area contributed by atoms with Crippen LogP contribution in [0, 0.1) is 0 Å². The zero-order chi connectivity index (χ0) is 14.4. The summed E-state index contributed by atoms with van der Waals surface area (Å²) in [4.78, 5) is 14.6. The standard InChI is InChI=1S/C12H21N5O3/c1-9(17-4-6-20-7-5-17)8-13-10-14-11(18-2)16-12(15-10)19-3/h9H,4-8H2,1-3H3,(H,13,14,15,16). The van der Waals surface area contributed by atoms with E-state index in [-0.39, 0.29) is 12.0 Å². The summed E-state index contributed by atoms with van der Waals surface area (Å²) in [5, 5.41) is 3.19. The van der Waals surface area contributed by atoms with Crippen LogP contribution in [-0.2, 0) is 4.74 Å². The molecular formula is C12H21N5O3. The summed E-state index contributed by atoms with van der Waals surface area (Å²) in [6.07, 6.45) is 0. The molecule has 1 saturated heterocycles. The number of rotatable bonds is 6. The summed E-state index contributed by atoms with van der Waals surface area (Å²) in [5.41, 5.74) is 0. The van der Waals surface area contributed by atoms with Crippen molar-refractivity contribution in [2.45, 2.75) is 13.0 Å². The summed E-state index contributed by atoms with van der Waals surface area (Å²) in [5.74, 6) is 0.453. The second kappa shape index (κ2) is 7.20. The molecule has 1 aliphatic heterocycles. The normalized spacial score (nSPS) is 17.6. The molecule has 1 aromatic heterocycles. The lowest BCUT2D eigenvalue weighted by atomic mass is 10.2. The van der Waals surface area contributed by atoms with Crippen molar-refractivity contribution < 1.29 is 14.2 Å². The third-order valence-corrected chi connectivity index (χ3v) is 3.18. The van der Waals surface area contributed by atoms with Gasteiger partial charge in [0.25, 0.3) is 0 Å². The molecule has 0 saturated carbocycles. The smallest absolute Gasteiger partial charge is 0.324 e. The Balaban J connectivity index is 1.92. The molecule has 0 amide bonds. The van der Waals surface area contributed by atoms with E-state index < -0.39 is 0 Å². The summed E-state index contributed by atoms with van der Waals surface area (Å²) in [6.45, 7) is 6.37. The van der Waals surface area contributed by atoms with E-state index in [0.29, 0.717) is 12.0 Å². The molecule has 2 rings (SSSR count). The molecule has 0 aromatic carbocycles. The molecule has 8 heteroatoms. The highest BCUT2D eigenvalue weighted by molar-refractivity contribution is 5.27. The summed E-state index contributed by atoms with van der Waals surface area (Å²) in [6, 6.07) is 0.837. The van der Waals surface area contributed by atoms with Gasteiger partial charge < -0.3 is 19.5 Å². The van der Waals surface area contributed by atoms with Crippen LogP contribution in [0.4, 0.5) is 5.95 Å². The summed E-state index contributed by atoms with van der Waals surface area (Å²) >= 11 is 0. The first-order valence-corrected chi connectivity index (χ1v) is 6.62. The highest BCUT2D eigenvalue weighted by Crippen LogP contribution is 2.12. The van der Waals surface area contributed by atoms with Crippen molar-refractivity contribution in [3.8, 4) is 12.0 Å². The minimum absolute atomic E-state index is 0.235. The van der Waals surface area contributed by atoms with Crippen molar-refractivity contribution in [2.75, 3.05) is 52.4 Å². The lowest BCUT2D eigenvalue weighted by molar-refractivity contribution is 0.0227. The van der Waals surface area contributed by atoms with Crippen molar-refractivity contribution in [2.24, 2.45) is 0 Å². The van der Waals surface area contributed by atoms with E-state index in [1.807, 2.05) is 0 Å². The van der Waals surface area contributed by atoms with E-state index in [2.05, 4.69) is 32.1 Å². The first-order chi connectivity index (χ1) is 9.72. The Labute approximate surface area is 118 Å². The highest BCUT2D eigenvalue weighted by atomic mass is 16.5. The average Bonchev–Trinajstić information content (AvgIpc) is 2.53. The van der Waals surface area contributed by atoms with Gasteiger partial charge >= 0.3 is 12.0 Å². The van der Waals surface area contributed by atoms with Gasteiger partial charge in [-0.3, -0.25) is 4.90 Å². The van der Waals surface area contributed by atoms with Gasteiger partial charge in [0.2, 0.25) is 5.95 Å². The number of hydrogen-bond donors (Lipinski definition) is 1. The van der Waals surface area contributed by atoms with Crippen LogP contribution >= 0.6 is 0 Å². The van der Waals surface area contributed by atoms with Crippen molar-refractivity contribution in [1.29, 1.82) is 0 Å². The number of anilines is 1. The van der Waals surface area contributed by atoms with Crippen molar-refractivity contribution in [3.05, 3.63) is 0 Å². The first-order valence-electron chi connectivity index (χ1n) is 6.62. The number of hydrogen-bond acceptors (Lipinski definition) is 8.